The molecule has 0 N–H and O–H groups in total. The van der Waals surface area contributed by atoms with Crippen molar-refractivity contribution in [3.05, 3.63) is 0 Å². The van der Waals surface area contributed by atoms with E-state index in [4.69, 9.17) is 0 Å². The molecule has 0 amide bonds. The molecule has 3 aliphatic heterocycles. The molecule has 0 aromatic carbocycles. The van der Waals surface area contributed by atoms with Gasteiger partial charge in [0, 0.05) is 0 Å². The maximum absolute atomic E-state index is 2.50. The topological polar surface area (TPSA) is 0 Å². The van der Waals surface area contributed by atoms with E-state index < -0.39 is 14.2 Å². The van der Waals surface area contributed by atoms with Gasteiger partial charge >= 0.3 is 125 Å². The molecule has 0 aromatic rings. The normalized spacial score (nSPS) is 43.5. The van der Waals surface area contributed by atoms with Crippen molar-refractivity contribution < 1.29 is 0 Å². The fraction of sp³-hybridized carbons (Fsp3) is 1.00. The molecule has 0 bridgehead atoms. The van der Waals surface area contributed by atoms with E-state index in [-0.39, 0.29) is 0 Å². The second kappa shape index (κ2) is 6.57. The van der Waals surface area contributed by atoms with Gasteiger partial charge in [0.25, 0.3) is 0 Å². The Labute approximate surface area is 123 Å². The molecule has 16 heavy (non-hydrogen) atoms. The van der Waals surface area contributed by atoms with Crippen molar-refractivity contribution in [3.63, 3.8) is 0 Å². The van der Waals surface area contributed by atoms with Crippen molar-refractivity contribution in [2.75, 3.05) is 17.3 Å². The van der Waals surface area contributed by atoms with Gasteiger partial charge in [0.15, 0.2) is 0 Å². The quantitative estimate of drug-likeness (QED) is 0.442. The van der Waals surface area contributed by atoms with Crippen LogP contribution in [0.15, 0.2) is 0 Å². The summed E-state index contributed by atoms with van der Waals surface area (Å²) in [4.78, 5) is 0. The Kier molecular flexibility index (Phi) is 5.69. The van der Waals surface area contributed by atoms with Crippen LogP contribution < -0.4 is 0 Å². The van der Waals surface area contributed by atoms with E-state index in [0.717, 1.165) is 9.16 Å². The number of hydrogen-bond acceptors (Lipinski definition) is 6. The molecule has 0 saturated carbocycles. The first-order valence-electron chi connectivity index (χ1n) is 5.76. The zero-order chi connectivity index (χ0) is 10.8. The van der Waals surface area contributed by atoms with Crippen LogP contribution in [0.25, 0.3) is 0 Å². The van der Waals surface area contributed by atoms with Crippen LogP contribution in [0, 0.1) is 0 Å². The first-order chi connectivity index (χ1) is 7.86. The van der Waals surface area contributed by atoms with Crippen LogP contribution in [0.5, 0.6) is 0 Å². The van der Waals surface area contributed by atoms with Gasteiger partial charge in [-0.3, -0.25) is 0 Å². The molecule has 3 rings (SSSR count). The van der Waals surface area contributed by atoms with Gasteiger partial charge in [-0.2, -0.15) is 0 Å². The van der Waals surface area contributed by atoms with Crippen molar-refractivity contribution in [2.24, 2.45) is 0 Å². The summed E-state index contributed by atoms with van der Waals surface area (Å²) in [6.45, 7) is 0. The van der Waals surface area contributed by atoms with Gasteiger partial charge in [0.1, 0.15) is 0 Å². The molecule has 92 valence electrons. The van der Waals surface area contributed by atoms with Gasteiger partial charge in [-0.1, -0.05) is 0 Å². The summed E-state index contributed by atoms with van der Waals surface area (Å²) in [6, 6.07) is 0. The Morgan fingerprint density at radius 1 is 0.938 bits per heavy atom. The fourth-order valence-electron chi connectivity index (χ4n) is 1.72. The van der Waals surface area contributed by atoms with E-state index >= 15 is 0 Å². The van der Waals surface area contributed by atoms with E-state index in [1.165, 1.54) is 36.5 Å². The summed E-state index contributed by atoms with van der Waals surface area (Å²) >= 11 is 2.56. The van der Waals surface area contributed by atoms with Crippen molar-refractivity contribution in [1.29, 1.82) is 0 Å². The summed E-state index contributed by atoms with van der Waals surface area (Å²) < 4.78 is 3.63. The molecule has 2 atom stereocenters. The molecule has 3 fully saturated rings. The summed E-state index contributed by atoms with van der Waals surface area (Å²) in [5.74, 6) is 4.28. The summed E-state index contributed by atoms with van der Waals surface area (Å²) in [5.41, 5.74) is 0. The van der Waals surface area contributed by atoms with Gasteiger partial charge in [-0.25, -0.2) is 0 Å². The molecule has 0 nitrogen and oxygen atoms in total. The van der Waals surface area contributed by atoms with Crippen LogP contribution in [-0.2, 0) is 0 Å². The number of rotatable bonds is 4. The van der Waals surface area contributed by atoms with Crippen molar-refractivity contribution >= 4 is 74.4 Å². The van der Waals surface area contributed by atoms with Gasteiger partial charge in [-0.15, -0.1) is 0 Å². The average molecular weight is 435 g/mol. The molecule has 0 aromatic heterocycles. The monoisotopic (exact) mass is 436 g/mol. The predicted molar refractivity (Wildman–Crippen MR) is 92.1 cm³/mol. The minimum atomic E-state index is -1.88. The Morgan fingerprint density at radius 3 is 1.94 bits per heavy atom. The van der Waals surface area contributed by atoms with Gasteiger partial charge in [-0.05, 0) is 0 Å². The first kappa shape index (κ1) is 13.9. The third-order valence-corrected chi connectivity index (χ3v) is 56.9. The average Bonchev–Trinajstić information content (AvgIpc) is 2.20. The molecule has 0 aliphatic carbocycles. The molecular formula is C9H16S6Sn. The third kappa shape index (κ3) is 3.51. The third-order valence-electron chi connectivity index (χ3n) is 2.83. The second-order valence-electron chi connectivity index (χ2n) is 4.11. The van der Waals surface area contributed by atoms with Crippen LogP contribution >= 0.6 is 60.2 Å². The zero-order valence-corrected chi connectivity index (χ0v) is 16.8. The molecule has 3 aliphatic rings. The molecule has 3 saturated heterocycles. The van der Waals surface area contributed by atoms with Gasteiger partial charge in [0.2, 0.25) is 0 Å². The van der Waals surface area contributed by atoms with Gasteiger partial charge < -0.3 is 0 Å². The van der Waals surface area contributed by atoms with Crippen LogP contribution in [0.1, 0.15) is 19.3 Å². The standard InChI is InChI=1S/2C3H6S2.C3H7S2.Sn/c2*4-3-1-2-5-3;1-2-3-5-4;/h2*3-4H,1-2H2;4H,1-3H2;/q;;;+3/p-3. The fourth-order valence-corrected chi connectivity index (χ4v) is 71.6. The Balaban J connectivity index is 1.60. The molecule has 0 spiro atoms. The predicted octanol–water partition coefficient (Wildman–Crippen LogP) is 5.10. The van der Waals surface area contributed by atoms with Crippen molar-refractivity contribution in [3.8, 4) is 0 Å². The zero-order valence-electron chi connectivity index (χ0n) is 9.05. The van der Waals surface area contributed by atoms with E-state index in [1.807, 2.05) is 0 Å². The van der Waals surface area contributed by atoms with E-state index in [1.54, 1.807) is 4.44 Å². The molecule has 2 unspecified atom stereocenters. The Morgan fingerprint density at radius 2 is 1.56 bits per heavy atom. The number of thioether (sulfide) groups is 2. The molecule has 7 heteroatoms. The van der Waals surface area contributed by atoms with Crippen LogP contribution in [0.3, 0.4) is 0 Å². The summed E-state index contributed by atoms with van der Waals surface area (Å²) in [6.07, 6.45) is 4.51. The molecular weight excluding hydrogens is 419 g/mol. The first-order valence-corrected chi connectivity index (χ1v) is 24.4. The summed E-state index contributed by atoms with van der Waals surface area (Å²) in [7, 11) is 9.59. The Bertz CT molecular complexity index is 218. The van der Waals surface area contributed by atoms with Crippen molar-refractivity contribution in [2.45, 2.75) is 32.9 Å². The van der Waals surface area contributed by atoms with E-state index in [0.29, 0.717) is 0 Å². The van der Waals surface area contributed by atoms with Crippen LogP contribution in [0.4, 0.5) is 0 Å². The van der Waals surface area contributed by atoms with Gasteiger partial charge in [0.05, 0.1) is 0 Å². The second-order valence-corrected chi connectivity index (χ2v) is 43.8. The molecule has 0 radical (unpaired) electrons. The summed E-state index contributed by atoms with van der Waals surface area (Å²) in [5, 5.41) is 0. The molecule has 3 heterocycles. The minimum absolute atomic E-state index is 1.000. The van der Waals surface area contributed by atoms with Crippen LogP contribution in [0.2, 0.25) is 4.44 Å². The van der Waals surface area contributed by atoms with Crippen molar-refractivity contribution in [1.82, 2.24) is 0 Å². The number of hydrogen-bond donors (Lipinski definition) is 0. The van der Waals surface area contributed by atoms with Crippen LogP contribution in [-0.4, -0.2) is 40.7 Å². The SMILES string of the molecule is C1CS[S][Sn]([S]C2CCS2)([S]C2CCS2)[CH2]1. The van der Waals surface area contributed by atoms with E-state index in [9.17, 15) is 0 Å². The Hall–Kier alpha value is 2.90. The maximum atomic E-state index is 2.50. The van der Waals surface area contributed by atoms with E-state index in [2.05, 4.69) is 60.2 Å².